The molecule has 28 heavy (non-hydrogen) atoms. The number of nitrogen functional groups attached to an aromatic ring is 1. The fourth-order valence-corrected chi connectivity index (χ4v) is 3.28. The standard InChI is InChI=1S/C22H27N3O3/c1-16-5-3-4-6-20(16)28-17(2)22(27)25-13-11-24(12-14-25)21(26)15-18-7-9-19(23)10-8-18/h3-10,17H,11-15,23H2,1-2H3. The molecular formula is C22H27N3O3. The lowest BCUT2D eigenvalue weighted by molar-refractivity contribution is -0.143. The Morgan fingerprint density at radius 3 is 2.25 bits per heavy atom. The maximum Gasteiger partial charge on any atom is 0.263 e. The van der Waals surface area contributed by atoms with E-state index in [-0.39, 0.29) is 11.8 Å². The van der Waals surface area contributed by atoms with Gasteiger partial charge in [0.25, 0.3) is 5.91 Å². The highest BCUT2D eigenvalue weighted by atomic mass is 16.5. The molecule has 2 aromatic carbocycles. The van der Waals surface area contributed by atoms with E-state index in [4.69, 9.17) is 10.5 Å². The molecule has 0 saturated carbocycles. The molecule has 1 fully saturated rings. The Balaban J connectivity index is 1.50. The van der Waals surface area contributed by atoms with Crippen LogP contribution in [-0.2, 0) is 16.0 Å². The summed E-state index contributed by atoms with van der Waals surface area (Å²) in [5.74, 6) is 0.746. The van der Waals surface area contributed by atoms with Gasteiger partial charge in [-0.1, -0.05) is 30.3 Å². The third kappa shape index (κ3) is 4.82. The number of hydrogen-bond donors (Lipinski definition) is 1. The minimum atomic E-state index is -0.557. The number of ether oxygens (including phenoxy) is 1. The number of piperazine rings is 1. The van der Waals surface area contributed by atoms with Gasteiger partial charge in [-0.3, -0.25) is 9.59 Å². The zero-order valence-corrected chi connectivity index (χ0v) is 16.4. The summed E-state index contributed by atoms with van der Waals surface area (Å²) in [7, 11) is 0. The maximum atomic E-state index is 12.7. The van der Waals surface area contributed by atoms with E-state index in [9.17, 15) is 9.59 Å². The van der Waals surface area contributed by atoms with E-state index in [0.29, 0.717) is 38.3 Å². The van der Waals surface area contributed by atoms with Gasteiger partial charge in [-0.2, -0.15) is 0 Å². The summed E-state index contributed by atoms with van der Waals surface area (Å²) >= 11 is 0. The number of carbonyl (C=O) groups excluding carboxylic acids is 2. The van der Waals surface area contributed by atoms with Gasteiger partial charge in [0.05, 0.1) is 6.42 Å². The van der Waals surface area contributed by atoms with E-state index in [1.54, 1.807) is 24.0 Å². The van der Waals surface area contributed by atoms with Crippen molar-refractivity contribution in [1.82, 2.24) is 9.80 Å². The molecule has 2 N–H and O–H groups in total. The number of anilines is 1. The Labute approximate surface area is 165 Å². The maximum absolute atomic E-state index is 12.7. The third-order valence-electron chi connectivity index (χ3n) is 5.02. The number of nitrogens with zero attached hydrogens (tertiary/aromatic N) is 2. The molecule has 0 aromatic heterocycles. The number of aryl methyl sites for hydroxylation is 1. The van der Waals surface area contributed by atoms with E-state index in [1.165, 1.54) is 0 Å². The Morgan fingerprint density at radius 1 is 1.00 bits per heavy atom. The molecule has 0 bridgehead atoms. The second-order valence-corrected chi connectivity index (χ2v) is 7.15. The highest BCUT2D eigenvalue weighted by Gasteiger charge is 2.28. The van der Waals surface area contributed by atoms with E-state index in [1.807, 2.05) is 48.2 Å². The summed E-state index contributed by atoms with van der Waals surface area (Å²) in [5, 5.41) is 0. The molecule has 6 heteroatoms. The van der Waals surface area contributed by atoms with Crippen LogP contribution in [-0.4, -0.2) is 53.9 Å². The Morgan fingerprint density at radius 2 is 1.61 bits per heavy atom. The summed E-state index contributed by atoms with van der Waals surface area (Å²) in [5.41, 5.74) is 8.31. The highest BCUT2D eigenvalue weighted by Crippen LogP contribution is 2.19. The SMILES string of the molecule is Cc1ccccc1OC(C)C(=O)N1CCN(C(=O)Cc2ccc(N)cc2)CC1. The average molecular weight is 381 g/mol. The van der Waals surface area contributed by atoms with Crippen LogP contribution >= 0.6 is 0 Å². The molecule has 1 aliphatic heterocycles. The summed E-state index contributed by atoms with van der Waals surface area (Å²) in [6, 6.07) is 15.0. The van der Waals surface area contributed by atoms with Crippen molar-refractivity contribution in [3.05, 3.63) is 59.7 Å². The predicted octanol–water partition coefficient (Wildman–Crippen LogP) is 2.26. The zero-order chi connectivity index (χ0) is 20.1. The number of nitrogens with two attached hydrogens (primary N) is 1. The first-order valence-electron chi connectivity index (χ1n) is 9.57. The fraction of sp³-hybridized carbons (Fsp3) is 0.364. The lowest BCUT2D eigenvalue weighted by atomic mass is 10.1. The van der Waals surface area contributed by atoms with Crippen molar-refractivity contribution in [1.29, 1.82) is 0 Å². The number of para-hydroxylation sites is 1. The van der Waals surface area contributed by atoms with E-state index in [2.05, 4.69) is 0 Å². The van der Waals surface area contributed by atoms with Gasteiger partial charge >= 0.3 is 0 Å². The first-order chi connectivity index (χ1) is 13.4. The molecule has 0 spiro atoms. The normalized spacial score (nSPS) is 15.2. The van der Waals surface area contributed by atoms with Crippen LogP contribution in [0.2, 0.25) is 0 Å². The molecule has 1 unspecified atom stereocenters. The van der Waals surface area contributed by atoms with Crippen molar-refractivity contribution in [3.8, 4) is 5.75 Å². The summed E-state index contributed by atoms with van der Waals surface area (Å²) in [6.45, 7) is 5.85. The van der Waals surface area contributed by atoms with Crippen LogP contribution in [0.3, 0.4) is 0 Å². The lowest BCUT2D eigenvalue weighted by Crippen LogP contribution is -2.53. The molecular weight excluding hydrogens is 354 g/mol. The molecule has 1 aliphatic rings. The van der Waals surface area contributed by atoms with Crippen molar-refractivity contribution in [2.24, 2.45) is 0 Å². The average Bonchev–Trinajstić information content (AvgIpc) is 2.71. The van der Waals surface area contributed by atoms with Crippen LogP contribution < -0.4 is 10.5 Å². The van der Waals surface area contributed by atoms with E-state index >= 15 is 0 Å². The van der Waals surface area contributed by atoms with Crippen LogP contribution in [0, 0.1) is 6.92 Å². The first-order valence-corrected chi connectivity index (χ1v) is 9.57. The molecule has 1 atom stereocenters. The number of hydrogen-bond acceptors (Lipinski definition) is 4. The smallest absolute Gasteiger partial charge is 0.263 e. The Hall–Kier alpha value is -3.02. The van der Waals surface area contributed by atoms with Gasteiger partial charge in [-0.15, -0.1) is 0 Å². The van der Waals surface area contributed by atoms with E-state index in [0.717, 1.165) is 16.9 Å². The summed E-state index contributed by atoms with van der Waals surface area (Å²) in [6.07, 6.45) is -0.209. The number of carbonyl (C=O) groups is 2. The first kappa shape index (κ1) is 19.7. The molecule has 2 amide bonds. The Kier molecular flexibility index (Phi) is 6.19. The topological polar surface area (TPSA) is 75.9 Å². The van der Waals surface area contributed by atoms with Crippen LogP contribution in [0.25, 0.3) is 0 Å². The largest absolute Gasteiger partial charge is 0.481 e. The highest BCUT2D eigenvalue weighted by molar-refractivity contribution is 5.82. The lowest BCUT2D eigenvalue weighted by Gasteiger charge is -2.36. The molecule has 2 aromatic rings. The molecule has 0 aliphatic carbocycles. The van der Waals surface area contributed by atoms with Crippen molar-refractivity contribution < 1.29 is 14.3 Å². The molecule has 3 rings (SSSR count). The van der Waals surface area contributed by atoms with Gasteiger partial charge in [0.15, 0.2) is 6.10 Å². The minimum absolute atomic E-state index is 0.0473. The van der Waals surface area contributed by atoms with Crippen molar-refractivity contribution >= 4 is 17.5 Å². The molecule has 1 heterocycles. The van der Waals surface area contributed by atoms with Crippen LogP contribution in [0.5, 0.6) is 5.75 Å². The quantitative estimate of drug-likeness (QED) is 0.806. The molecule has 148 valence electrons. The second-order valence-electron chi connectivity index (χ2n) is 7.15. The monoisotopic (exact) mass is 381 g/mol. The van der Waals surface area contributed by atoms with Crippen molar-refractivity contribution in [3.63, 3.8) is 0 Å². The van der Waals surface area contributed by atoms with Crippen LogP contribution in [0.4, 0.5) is 5.69 Å². The minimum Gasteiger partial charge on any atom is -0.481 e. The number of benzene rings is 2. The van der Waals surface area contributed by atoms with Crippen molar-refractivity contribution in [2.45, 2.75) is 26.4 Å². The van der Waals surface area contributed by atoms with Crippen LogP contribution in [0.15, 0.2) is 48.5 Å². The Bertz CT molecular complexity index is 827. The van der Waals surface area contributed by atoms with Gasteiger partial charge in [0.1, 0.15) is 5.75 Å². The summed E-state index contributed by atoms with van der Waals surface area (Å²) < 4.78 is 5.84. The number of amides is 2. The van der Waals surface area contributed by atoms with Gasteiger partial charge in [-0.25, -0.2) is 0 Å². The van der Waals surface area contributed by atoms with Gasteiger partial charge in [0.2, 0.25) is 5.91 Å². The predicted molar refractivity (Wildman–Crippen MR) is 109 cm³/mol. The van der Waals surface area contributed by atoms with Gasteiger partial charge < -0.3 is 20.3 Å². The molecule has 6 nitrogen and oxygen atoms in total. The fourth-order valence-electron chi connectivity index (χ4n) is 3.28. The second kappa shape index (κ2) is 8.78. The van der Waals surface area contributed by atoms with Crippen LogP contribution in [0.1, 0.15) is 18.1 Å². The van der Waals surface area contributed by atoms with Gasteiger partial charge in [-0.05, 0) is 43.2 Å². The molecule has 0 radical (unpaired) electrons. The van der Waals surface area contributed by atoms with Gasteiger partial charge in [0, 0.05) is 31.9 Å². The number of rotatable bonds is 5. The summed E-state index contributed by atoms with van der Waals surface area (Å²) in [4.78, 5) is 28.8. The third-order valence-corrected chi connectivity index (χ3v) is 5.02. The molecule has 1 saturated heterocycles. The zero-order valence-electron chi connectivity index (χ0n) is 16.4. The van der Waals surface area contributed by atoms with Crippen molar-refractivity contribution in [2.75, 3.05) is 31.9 Å². The van der Waals surface area contributed by atoms with E-state index < -0.39 is 6.10 Å².